The average molecular weight is 344 g/mol. The van der Waals surface area contributed by atoms with E-state index in [-0.39, 0.29) is 11.9 Å². The van der Waals surface area contributed by atoms with Gasteiger partial charge in [-0.1, -0.05) is 6.07 Å². The Kier molecular flexibility index (Phi) is 4.04. The van der Waals surface area contributed by atoms with Crippen molar-refractivity contribution < 1.29 is 4.79 Å². The molecule has 92 valence electrons. The Balaban J connectivity index is 2.11. The molecule has 1 aromatic rings. The molecule has 0 bridgehead atoms. The van der Waals surface area contributed by atoms with Crippen molar-refractivity contribution in [2.24, 2.45) is 5.73 Å². The Morgan fingerprint density at radius 1 is 1.41 bits per heavy atom. The summed E-state index contributed by atoms with van der Waals surface area (Å²) in [7, 11) is 0. The molecule has 1 heterocycles. The molecule has 1 aliphatic heterocycles. The molecule has 1 aromatic carbocycles. The van der Waals surface area contributed by atoms with E-state index in [0.717, 1.165) is 35.1 Å². The number of piperidine rings is 1. The van der Waals surface area contributed by atoms with Crippen LogP contribution in [0.25, 0.3) is 0 Å². The van der Waals surface area contributed by atoms with Crippen molar-refractivity contribution in [3.63, 3.8) is 0 Å². The van der Waals surface area contributed by atoms with E-state index >= 15 is 0 Å². The van der Waals surface area contributed by atoms with Gasteiger partial charge in [0.15, 0.2) is 0 Å². The minimum absolute atomic E-state index is 0.134. The van der Waals surface area contributed by atoms with Crippen LogP contribution in [0.15, 0.2) is 18.2 Å². The maximum atomic E-state index is 12.3. The number of hydrogen-bond donors (Lipinski definition) is 1. The summed E-state index contributed by atoms with van der Waals surface area (Å²) in [5.41, 5.74) is 7.84. The number of hydrogen-bond acceptors (Lipinski definition) is 2. The van der Waals surface area contributed by atoms with E-state index < -0.39 is 0 Å². The second-order valence-corrected chi connectivity index (χ2v) is 5.76. The molecule has 0 saturated carbocycles. The lowest BCUT2D eigenvalue weighted by Crippen LogP contribution is -2.42. The first kappa shape index (κ1) is 12.8. The Morgan fingerprint density at radius 2 is 2.06 bits per heavy atom. The number of benzene rings is 1. The van der Waals surface area contributed by atoms with Gasteiger partial charge in [0.2, 0.25) is 0 Å². The van der Waals surface area contributed by atoms with Crippen molar-refractivity contribution in [1.82, 2.24) is 4.90 Å². The van der Waals surface area contributed by atoms with Gasteiger partial charge in [-0.2, -0.15) is 0 Å². The monoisotopic (exact) mass is 344 g/mol. The number of nitrogens with two attached hydrogens (primary N) is 1. The first-order chi connectivity index (χ1) is 8.08. The molecular weight excluding hydrogens is 327 g/mol. The van der Waals surface area contributed by atoms with Gasteiger partial charge in [-0.25, -0.2) is 0 Å². The van der Waals surface area contributed by atoms with Crippen LogP contribution in [0, 0.1) is 10.5 Å². The van der Waals surface area contributed by atoms with Crippen LogP contribution >= 0.6 is 22.6 Å². The van der Waals surface area contributed by atoms with Gasteiger partial charge < -0.3 is 10.6 Å². The lowest BCUT2D eigenvalue weighted by molar-refractivity contribution is 0.0714. The van der Waals surface area contributed by atoms with Crippen LogP contribution in [0.3, 0.4) is 0 Å². The third-order valence-corrected chi connectivity index (χ3v) is 4.41. The largest absolute Gasteiger partial charge is 0.339 e. The fraction of sp³-hybridized carbons (Fsp3) is 0.462. The maximum Gasteiger partial charge on any atom is 0.253 e. The smallest absolute Gasteiger partial charge is 0.253 e. The standard InChI is InChI=1S/C13H17IN2O/c1-9-2-3-10(8-12(9)14)13(17)16-6-4-11(15)5-7-16/h2-3,8,11H,4-7,15H2,1H3. The van der Waals surface area contributed by atoms with Crippen LogP contribution in [-0.2, 0) is 0 Å². The zero-order valence-electron chi connectivity index (χ0n) is 9.95. The van der Waals surface area contributed by atoms with E-state index in [1.54, 1.807) is 0 Å². The van der Waals surface area contributed by atoms with E-state index in [1.165, 1.54) is 5.56 Å². The van der Waals surface area contributed by atoms with E-state index in [1.807, 2.05) is 23.1 Å². The highest BCUT2D eigenvalue weighted by molar-refractivity contribution is 14.1. The highest BCUT2D eigenvalue weighted by Crippen LogP contribution is 2.17. The second-order valence-electron chi connectivity index (χ2n) is 4.59. The predicted molar refractivity (Wildman–Crippen MR) is 77.0 cm³/mol. The van der Waals surface area contributed by atoms with Gasteiger partial charge in [0.1, 0.15) is 0 Å². The lowest BCUT2D eigenvalue weighted by Gasteiger charge is -2.30. The summed E-state index contributed by atoms with van der Waals surface area (Å²) >= 11 is 2.27. The van der Waals surface area contributed by atoms with Gasteiger partial charge >= 0.3 is 0 Å². The van der Waals surface area contributed by atoms with E-state index in [0.29, 0.717) is 0 Å². The van der Waals surface area contributed by atoms with Gasteiger partial charge in [0.25, 0.3) is 5.91 Å². The molecule has 0 aromatic heterocycles. The van der Waals surface area contributed by atoms with Crippen molar-refractivity contribution in [2.75, 3.05) is 13.1 Å². The van der Waals surface area contributed by atoms with Gasteiger partial charge in [0.05, 0.1) is 0 Å². The summed E-state index contributed by atoms with van der Waals surface area (Å²) < 4.78 is 1.14. The zero-order valence-corrected chi connectivity index (χ0v) is 12.1. The summed E-state index contributed by atoms with van der Waals surface area (Å²) in [6, 6.07) is 6.14. The molecule has 1 aliphatic rings. The summed E-state index contributed by atoms with van der Waals surface area (Å²) in [5.74, 6) is 0.134. The van der Waals surface area contributed by atoms with Crippen molar-refractivity contribution in [2.45, 2.75) is 25.8 Å². The molecule has 0 radical (unpaired) electrons. The van der Waals surface area contributed by atoms with Crippen LogP contribution < -0.4 is 5.73 Å². The average Bonchev–Trinajstić information content (AvgIpc) is 2.33. The van der Waals surface area contributed by atoms with Crippen molar-refractivity contribution >= 4 is 28.5 Å². The Hall–Kier alpha value is -0.620. The van der Waals surface area contributed by atoms with Crippen molar-refractivity contribution in [3.8, 4) is 0 Å². The molecule has 2 rings (SSSR count). The number of aryl methyl sites for hydroxylation is 1. The molecule has 0 aliphatic carbocycles. The third kappa shape index (κ3) is 2.98. The predicted octanol–water partition coefficient (Wildman–Crippen LogP) is 2.16. The molecule has 17 heavy (non-hydrogen) atoms. The second kappa shape index (κ2) is 5.35. The Labute approximate surface area is 116 Å². The first-order valence-corrected chi connectivity index (χ1v) is 6.97. The van der Waals surface area contributed by atoms with E-state index in [4.69, 9.17) is 5.73 Å². The fourth-order valence-electron chi connectivity index (χ4n) is 2.01. The maximum absolute atomic E-state index is 12.3. The number of rotatable bonds is 1. The minimum Gasteiger partial charge on any atom is -0.339 e. The molecule has 3 nitrogen and oxygen atoms in total. The normalized spacial score (nSPS) is 17.2. The summed E-state index contributed by atoms with van der Waals surface area (Å²) in [4.78, 5) is 14.2. The first-order valence-electron chi connectivity index (χ1n) is 5.89. The summed E-state index contributed by atoms with van der Waals surface area (Å²) in [5, 5.41) is 0. The number of carbonyl (C=O) groups is 1. The Bertz CT molecular complexity index is 425. The lowest BCUT2D eigenvalue weighted by atomic mass is 10.0. The molecule has 2 N–H and O–H groups in total. The number of nitrogens with zero attached hydrogens (tertiary/aromatic N) is 1. The SMILES string of the molecule is Cc1ccc(C(=O)N2CCC(N)CC2)cc1I. The van der Waals surface area contributed by atoms with Crippen LogP contribution in [0.2, 0.25) is 0 Å². The fourth-order valence-corrected chi connectivity index (χ4v) is 2.53. The van der Waals surface area contributed by atoms with Crippen molar-refractivity contribution in [1.29, 1.82) is 0 Å². The number of likely N-dealkylation sites (tertiary alicyclic amines) is 1. The molecule has 0 unspecified atom stereocenters. The molecular formula is C13H17IN2O. The molecule has 4 heteroatoms. The minimum atomic E-state index is 0.134. The summed E-state index contributed by atoms with van der Waals surface area (Å²) in [6.45, 7) is 3.62. The molecule has 1 amide bonds. The molecule has 1 fully saturated rings. The third-order valence-electron chi connectivity index (χ3n) is 3.25. The van der Waals surface area contributed by atoms with Crippen LogP contribution in [0.1, 0.15) is 28.8 Å². The van der Waals surface area contributed by atoms with Gasteiger partial charge in [-0.15, -0.1) is 0 Å². The van der Waals surface area contributed by atoms with Gasteiger partial charge in [-0.05, 0) is 60.1 Å². The highest BCUT2D eigenvalue weighted by Gasteiger charge is 2.21. The number of amides is 1. The molecule has 0 spiro atoms. The quantitative estimate of drug-likeness (QED) is 0.794. The van der Waals surface area contributed by atoms with Crippen LogP contribution in [0.4, 0.5) is 0 Å². The number of halogens is 1. The highest BCUT2D eigenvalue weighted by atomic mass is 127. The zero-order chi connectivity index (χ0) is 12.4. The van der Waals surface area contributed by atoms with Gasteiger partial charge in [-0.3, -0.25) is 4.79 Å². The Morgan fingerprint density at radius 3 is 2.65 bits per heavy atom. The summed E-state index contributed by atoms with van der Waals surface area (Å²) in [6.07, 6.45) is 1.82. The van der Waals surface area contributed by atoms with E-state index in [2.05, 4.69) is 29.5 Å². The van der Waals surface area contributed by atoms with Crippen molar-refractivity contribution in [3.05, 3.63) is 32.9 Å². The van der Waals surface area contributed by atoms with Gasteiger partial charge in [0, 0.05) is 28.3 Å². The molecule has 0 atom stereocenters. The number of carbonyl (C=O) groups excluding carboxylic acids is 1. The van der Waals surface area contributed by atoms with E-state index in [9.17, 15) is 4.79 Å². The molecule has 1 saturated heterocycles. The van der Waals surface area contributed by atoms with Crippen LogP contribution in [0.5, 0.6) is 0 Å². The topological polar surface area (TPSA) is 46.3 Å². The van der Waals surface area contributed by atoms with Crippen LogP contribution in [-0.4, -0.2) is 29.9 Å².